The Balaban J connectivity index is 2.95. The van der Waals surface area contributed by atoms with E-state index in [1.165, 1.54) is 0 Å². The van der Waals surface area contributed by atoms with E-state index >= 15 is 0 Å². The van der Waals surface area contributed by atoms with Gasteiger partial charge in [-0.15, -0.1) is 6.42 Å². The molecule has 0 radical (unpaired) electrons. The van der Waals surface area contributed by atoms with Crippen LogP contribution in [0.5, 0.6) is 0 Å². The van der Waals surface area contributed by atoms with Gasteiger partial charge in [0.25, 0.3) is 5.91 Å². The first-order valence-electron chi connectivity index (χ1n) is 4.61. The molecule has 0 aliphatic rings. The fourth-order valence-corrected chi connectivity index (χ4v) is 1.06. The average molecular weight is 223 g/mol. The van der Waals surface area contributed by atoms with Gasteiger partial charge in [-0.1, -0.05) is 5.92 Å². The van der Waals surface area contributed by atoms with E-state index < -0.39 is 23.1 Å². The molecule has 0 spiro atoms. The molecule has 0 aliphatic heterocycles. The molecule has 0 saturated heterocycles. The van der Waals surface area contributed by atoms with E-state index in [2.05, 4.69) is 11.2 Å². The number of terminal acetylenes is 1. The van der Waals surface area contributed by atoms with Crippen LogP contribution < -0.4 is 5.32 Å². The van der Waals surface area contributed by atoms with E-state index in [0.717, 1.165) is 12.1 Å². The second kappa shape index (κ2) is 4.31. The zero-order valence-corrected chi connectivity index (χ0v) is 8.97. The van der Waals surface area contributed by atoms with Gasteiger partial charge in [0.05, 0.1) is 11.1 Å². The van der Waals surface area contributed by atoms with Gasteiger partial charge in [0.15, 0.2) is 0 Å². The van der Waals surface area contributed by atoms with Crippen LogP contribution >= 0.6 is 0 Å². The highest BCUT2D eigenvalue weighted by atomic mass is 19.1. The quantitative estimate of drug-likeness (QED) is 0.764. The molecule has 84 valence electrons. The first kappa shape index (κ1) is 12.2. The zero-order chi connectivity index (χ0) is 12.3. The van der Waals surface area contributed by atoms with Gasteiger partial charge in [0, 0.05) is 6.07 Å². The summed E-state index contributed by atoms with van der Waals surface area (Å²) < 4.78 is 25.8. The normalized spacial score (nSPS) is 10.7. The van der Waals surface area contributed by atoms with Crippen LogP contribution in [0, 0.1) is 24.0 Å². The Morgan fingerprint density at radius 1 is 1.44 bits per heavy atom. The fraction of sp³-hybridized carbons (Fsp3) is 0.250. The lowest BCUT2D eigenvalue weighted by molar-refractivity contribution is 0.0925. The Morgan fingerprint density at radius 3 is 2.56 bits per heavy atom. The molecule has 1 rings (SSSR count). The standard InChI is InChI=1S/C12H11F2NO/c1-4-12(2,3)15-11(16)9-6-5-8(13)7-10(9)14/h1,5-7H,2-3H3,(H,15,16). The number of hydrogen-bond donors (Lipinski definition) is 1. The Kier molecular flexibility index (Phi) is 3.28. The van der Waals surface area contributed by atoms with Crippen LogP contribution in [0.3, 0.4) is 0 Å². The second-order valence-corrected chi connectivity index (χ2v) is 3.85. The SMILES string of the molecule is C#CC(C)(C)NC(=O)c1ccc(F)cc1F. The maximum absolute atomic E-state index is 13.2. The number of rotatable bonds is 2. The van der Waals surface area contributed by atoms with Crippen LogP contribution in [-0.2, 0) is 0 Å². The van der Waals surface area contributed by atoms with Gasteiger partial charge < -0.3 is 5.32 Å². The van der Waals surface area contributed by atoms with Crippen molar-refractivity contribution in [2.24, 2.45) is 0 Å². The summed E-state index contributed by atoms with van der Waals surface area (Å²) in [4.78, 5) is 11.6. The molecule has 0 saturated carbocycles. The van der Waals surface area contributed by atoms with Crippen molar-refractivity contribution in [3.8, 4) is 12.3 Å². The maximum Gasteiger partial charge on any atom is 0.255 e. The van der Waals surface area contributed by atoms with Crippen molar-refractivity contribution in [3.05, 3.63) is 35.4 Å². The molecule has 1 aromatic rings. The number of carbonyl (C=O) groups is 1. The van der Waals surface area contributed by atoms with E-state index in [1.807, 2.05) is 0 Å². The Bertz CT molecular complexity index is 461. The number of hydrogen-bond acceptors (Lipinski definition) is 1. The fourth-order valence-electron chi connectivity index (χ4n) is 1.06. The Labute approximate surface area is 92.7 Å². The first-order valence-corrected chi connectivity index (χ1v) is 4.61. The average Bonchev–Trinajstić information content (AvgIpc) is 2.16. The minimum atomic E-state index is -0.912. The third kappa shape index (κ3) is 2.80. The monoisotopic (exact) mass is 223 g/mol. The van der Waals surface area contributed by atoms with Gasteiger partial charge in [-0.2, -0.15) is 0 Å². The smallest absolute Gasteiger partial charge is 0.255 e. The van der Waals surface area contributed by atoms with Crippen LogP contribution in [0.25, 0.3) is 0 Å². The molecular formula is C12H11F2NO. The summed E-state index contributed by atoms with van der Waals surface area (Å²) in [5, 5.41) is 2.45. The van der Waals surface area contributed by atoms with Gasteiger partial charge in [0.2, 0.25) is 0 Å². The molecule has 16 heavy (non-hydrogen) atoms. The number of amides is 1. The number of benzene rings is 1. The second-order valence-electron chi connectivity index (χ2n) is 3.85. The van der Waals surface area contributed by atoms with Crippen LogP contribution in [0.4, 0.5) is 8.78 Å². The zero-order valence-electron chi connectivity index (χ0n) is 8.97. The molecule has 0 heterocycles. The van der Waals surface area contributed by atoms with E-state index in [0.29, 0.717) is 6.07 Å². The lowest BCUT2D eigenvalue weighted by Gasteiger charge is -2.19. The molecule has 0 bridgehead atoms. The van der Waals surface area contributed by atoms with Gasteiger partial charge in [-0.05, 0) is 26.0 Å². The van der Waals surface area contributed by atoms with E-state index in [-0.39, 0.29) is 5.56 Å². The van der Waals surface area contributed by atoms with Gasteiger partial charge >= 0.3 is 0 Å². The highest BCUT2D eigenvalue weighted by Gasteiger charge is 2.20. The Morgan fingerprint density at radius 2 is 2.06 bits per heavy atom. The molecular weight excluding hydrogens is 212 g/mol. The van der Waals surface area contributed by atoms with Crippen molar-refractivity contribution in [1.82, 2.24) is 5.32 Å². The summed E-state index contributed by atoms with van der Waals surface area (Å²) in [6.07, 6.45) is 5.18. The van der Waals surface area contributed by atoms with Gasteiger partial charge in [-0.3, -0.25) is 4.79 Å². The van der Waals surface area contributed by atoms with Crippen molar-refractivity contribution in [2.45, 2.75) is 19.4 Å². The van der Waals surface area contributed by atoms with E-state index in [9.17, 15) is 13.6 Å². The van der Waals surface area contributed by atoms with Crippen LogP contribution in [0.15, 0.2) is 18.2 Å². The minimum Gasteiger partial charge on any atom is -0.336 e. The summed E-state index contributed by atoms with van der Waals surface area (Å²) in [5.74, 6) is 0.0351. The Hall–Kier alpha value is -1.89. The third-order valence-corrected chi connectivity index (χ3v) is 1.96. The summed E-state index contributed by atoms with van der Waals surface area (Å²) in [6, 6.07) is 2.74. The maximum atomic E-state index is 13.2. The van der Waals surface area contributed by atoms with Gasteiger partial charge in [-0.25, -0.2) is 8.78 Å². The van der Waals surface area contributed by atoms with Crippen LogP contribution in [-0.4, -0.2) is 11.4 Å². The topological polar surface area (TPSA) is 29.1 Å². The lowest BCUT2D eigenvalue weighted by atomic mass is 10.1. The van der Waals surface area contributed by atoms with Crippen molar-refractivity contribution in [3.63, 3.8) is 0 Å². The molecule has 0 unspecified atom stereocenters. The minimum absolute atomic E-state index is 0.232. The molecule has 1 N–H and O–H groups in total. The molecule has 0 fully saturated rings. The van der Waals surface area contributed by atoms with Crippen molar-refractivity contribution < 1.29 is 13.6 Å². The van der Waals surface area contributed by atoms with Gasteiger partial charge in [0.1, 0.15) is 11.6 Å². The highest BCUT2D eigenvalue weighted by Crippen LogP contribution is 2.11. The van der Waals surface area contributed by atoms with Crippen LogP contribution in [0.1, 0.15) is 24.2 Å². The molecule has 0 aliphatic carbocycles. The molecule has 1 amide bonds. The number of halogens is 2. The first-order chi connectivity index (χ1) is 7.35. The van der Waals surface area contributed by atoms with E-state index in [4.69, 9.17) is 6.42 Å². The third-order valence-electron chi connectivity index (χ3n) is 1.96. The lowest BCUT2D eigenvalue weighted by Crippen LogP contribution is -2.42. The largest absolute Gasteiger partial charge is 0.336 e. The number of nitrogens with one attached hydrogen (secondary N) is 1. The highest BCUT2D eigenvalue weighted by molar-refractivity contribution is 5.95. The van der Waals surface area contributed by atoms with Crippen molar-refractivity contribution in [2.75, 3.05) is 0 Å². The molecule has 0 atom stereocenters. The summed E-state index contributed by atoms with van der Waals surface area (Å²) in [5.41, 5.74) is -1.11. The molecule has 4 heteroatoms. The van der Waals surface area contributed by atoms with Crippen molar-refractivity contribution in [1.29, 1.82) is 0 Å². The predicted octanol–water partition coefficient (Wildman–Crippen LogP) is 2.11. The van der Waals surface area contributed by atoms with Crippen molar-refractivity contribution >= 4 is 5.91 Å². The van der Waals surface area contributed by atoms with Crippen LogP contribution in [0.2, 0.25) is 0 Å². The number of carbonyl (C=O) groups excluding carboxylic acids is 1. The van der Waals surface area contributed by atoms with E-state index in [1.54, 1.807) is 13.8 Å². The molecule has 1 aromatic carbocycles. The summed E-state index contributed by atoms with van der Waals surface area (Å²) in [6.45, 7) is 3.21. The summed E-state index contributed by atoms with van der Waals surface area (Å²) in [7, 11) is 0. The molecule has 0 aromatic heterocycles. The molecule has 2 nitrogen and oxygen atoms in total. The summed E-state index contributed by atoms with van der Waals surface area (Å²) >= 11 is 0. The predicted molar refractivity (Wildman–Crippen MR) is 56.7 cm³/mol.